The van der Waals surface area contributed by atoms with Crippen LogP contribution in [0.15, 0.2) is 42.5 Å². The number of hydrogen-bond acceptors (Lipinski definition) is 19. The van der Waals surface area contributed by atoms with Gasteiger partial charge in [-0.15, -0.1) is 0 Å². The van der Waals surface area contributed by atoms with Gasteiger partial charge in [0.25, 0.3) is 0 Å². The monoisotopic (exact) mass is 770 g/mol. The predicted molar refractivity (Wildman–Crippen MR) is 179 cm³/mol. The third-order valence-electron chi connectivity index (χ3n) is 9.20. The molecule has 0 aliphatic carbocycles. The van der Waals surface area contributed by atoms with Crippen molar-refractivity contribution in [3.05, 3.63) is 53.6 Å². The summed E-state index contributed by atoms with van der Waals surface area (Å²) in [5.74, 6) is -1.67. The number of hydrogen-bond donors (Lipinski definition) is 10. The van der Waals surface area contributed by atoms with E-state index in [1.807, 2.05) is 0 Å². The van der Waals surface area contributed by atoms with E-state index in [1.165, 1.54) is 56.5 Å². The number of esters is 1. The highest BCUT2D eigenvalue weighted by molar-refractivity contribution is 5.87. The van der Waals surface area contributed by atoms with E-state index in [2.05, 4.69) is 0 Å². The number of aliphatic hydroxyl groups excluding tert-OH is 7. The van der Waals surface area contributed by atoms with Crippen molar-refractivity contribution >= 4 is 12.0 Å². The molecule has 10 N–H and O–H groups in total. The van der Waals surface area contributed by atoms with Crippen molar-refractivity contribution in [1.29, 1.82) is 0 Å². The second-order valence-corrected chi connectivity index (χ2v) is 13.0. The number of aromatic hydroxyl groups is 3. The number of phenols is 3. The van der Waals surface area contributed by atoms with E-state index in [-0.39, 0.29) is 36.0 Å². The average Bonchev–Trinajstić information content (AvgIpc) is 3.15. The molecule has 0 saturated carbocycles. The number of carbonyl (C=O) groups is 1. The molecule has 0 spiro atoms. The van der Waals surface area contributed by atoms with Gasteiger partial charge in [-0.25, -0.2) is 4.79 Å². The first-order valence-corrected chi connectivity index (χ1v) is 17.0. The molecule has 0 amide bonds. The van der Waals surface area contributed by atoms with Crippen LogP contribution in [0.3, 0.4) is 0 Å². The molecular formula is C35H46O19. The summed E-state index contributed by atoms with van der Waals surface area (Å²) in [5.41, 5.74) is 0.985. The van der Waals surface area contributed by atoms with Crippen molar-refractivity contribution in [1.82, 2.24) is 0 Å². The molecule has 300 valence electrons. The maximum Gasteiger partial charge on any atom is 0.331 e. The van der Waals surface area contributed by atoms with Crippen LogP contribution in [0.2, 0.25) is 0 Å². The van der Waals surface area contributed by atoms with Crippen LogP contribution in [-0.4, -0.2) is 170 Å². The molecule has 3 fully saturated rings. The lowest BCUT2D eigenvalue weighted by Gasteiger charge is -2.48. The molecule has 0 bridgehead atoms. The average molecular weight is 771 g/mol. The Balaban J connectivity index is 1.40. The molecule has 0 radical (unpaired) electrons. The summed E-state index contributed by atoms with van der Waals surface area (Å²) >= 11 is 0. The Morgan fingerprint density at radius 1 is 0.796 bits per heavy atom. The molecule has 3 saturated heterocycles. The molecule has 5 rings (SSSR count). The van der Waals surface area contributed by atoms with Gasteiger partial charge < -0.3 is 89.0 Å². The summed E-state index contributed by atoms with van der Waals surface area (Å²) in [6, 6.07) is 8.41. The molecular weight excluding hydrogens is 724 g/mol. The second-order valence-electron chi connectivity index (χ2n) is 13.0. The first-order chi connectivity index (χ1) is 25.7. The number of aliphatic hydroxyl groups is 7. The molecule has 2 aromatic carbocycles. The summed E-state index contributed by atoms with van der Waals surface area (Å²) in [4.78, 5) is 13.2. The number of rotatable bonds is 13. The summed E-state index contributed by atoms with van der Waals surface area (Å²) in [6.45, 7) is 0.0235. The molecule has 3 aliphatic heterocycles. The van der Waals surface area contributed by atoms with Crippen LogP contribution in [0.4, 0.5) is 0 Å². The van der Waals surface area contributed by atoms with E-state index < -0.39 is 105 Å². The lowest BCUT2D eigenvalue weighted by atomic mass is 9.96. The van der Waals surface area contributed by atoms with Crippen molar-refractivity contribution in [2.24, 2.45) is 0 Å². The van der Waals surface area contributed by atoms with Crippen molar-refractivity contribution < 1.29 is 93.8 Å². The van der Waals surface area contributed by atoms with Crippen LogP contribution in [0.5, 0.6) is 23.0 Å². The Bertz CT molecular complexity index is 1570. The van der Waals surface area contributed by atoms with E-state index in [0.717, 1.165) is 6.08 Å². The Morgan fingerprint density at radius 3 is 2.22 bits per heavy atom. The number of carbonyl (C=O) groups excluding carboxylic acids is 1. The van der Waals surface area contributed by atoms with E-state index in [4.69, 9.17) is 37.9 Å². The summed E-state index contributed by atoms with van der Waals surface area (Å²) in [6.07, 6.45) is -19.9. The lowest BCUT2D eigenvalue weighted by Crippen LogP contribution is -2.66. The Kier molecular flexibility index (Phi) is 14.1. The van der Waals surface area contributed by atoms with Gasteiger partial charge in [0.1, 0.15) is 54.9 Å². The Hall–Kier alpha value is -3.67. The maximum atomic E-state index is 13.2. The van der Waals surface area contributed by atoms with Crippen LogP contribution in [-0.2, 0) is 44.4 Å². The van der Waals surface area contributed by atoms with Gasteiger partial charge in [0.05, 0.1) is 33.0 Å². The smallest absolute Gasteiger partial charge is 0.331 e. The third-order valence-corrected chi connectivity index (χ3v) is 9.20. The van der Waals surface area contributed by atoms with Gasteiger partial charge >= 0.3 is 5.97 Å². The minimum atomic E-state index is -1.81. The quantitative estimate of drug-likeness (QED) is 0.0585. The van der Waals surface area contributed by atoms with Crippen LogP contribution in [0.25, 0.3) is 6.08 Å². The van der Waals surface area contributed by atoms with Crippen LogP contribution >= 0.6 is 0 Å². The zero-order chi connectivity index (χ0) is 39.3. The molecule has 19 heteroatoms. The first-order valence-electron chi connectivity index (χ1n) is 17.0. The zero-order valence-corrected chi connectivity index (χ0v) is 29.2. The number of methoxy groups -OCH3 is 1. The standard InChI is InChI=1S/C35H46O19/c1-15-25(42)27(44)32(54-33-28(45)26(43)21(40)14-49-33)35(50-15)53-31-29(46)34(48-10-9-17-3-6-18(37)20(39)11-17)51-23(13-36)30(31)52-24(41)8-5-16-4-7-19(38)22(12-16)47-2/h3-8,11-12,15,21,23,25-40,42-46H,9-10,13-14H2,1-2H3/b8-5+/t15-,21+,23+,25-,26-,27+,28+,29+,30+,31+,32+,33-,34+,35-/m0/s1. The maximum absolute atomic E-state index is 13.2. The molecule has 14 atom stereocenters. The topological polar surface area (TPSA) is 293 Å². The predicted octanol–water partition coefficient (Wildman–Crippen LogP) is -2.25. The minimum Gasteiger partial charge on any atom is -0.504 e. The van der Waals surface area contributed by atoms with E-state index in [9.17, 15) is 55.9 Å². The van der Waals surface area contributed by atoms with Gasteiger partial charge in [-0.05, 0) is 54.8 Å². The van der Waals surface area contributed by atoms with Gasteiger partial charge in [-0.2, -0.15) is 0 Å². The Morgan fingerprint density at radius 2 is 1.52 bits per heavy atom. The fourth-order valence-electron chi connectivity index (χ4n) is 6.10. The van der Waals surface area contributed by atoms with Gasteiger partial charge in [0.2, 0.25) is 0 Å². The van der Waals surface area contributed by atoms with Crippen LogP contribution < -0.4 is 4.74 Å². The lowest BCUT2D eigenvalue weighted by molar-refractivity contribution is -0.381. The van der Waals surface area contributed by atoms with Crippen molar-refractivity contribution in [2.45, 2.75) is 99.4 Å². The van der Waals surface area contributed by atoms with Gasteiger partial charge in [0, 0.05) is 6.08 Å². The van der Waals surface area contributed by atoms with Crippen molar-refractivity contribution in [3.8, 4) is 23.0 Å². The van der Waals surface area contributed by atoms with Gasteiger partial charge in [0.15, 0.2) is 48.0 Å². The largest absolute Gasteiger partial charge is 0.504 e. The molecule has 19 nitrogen and oxygen atoms in total. The number of benzene rings is 2. The van der Waals surface area contributed by atoms with Crippen LogP contribution in [0, 0.1) is 0 Å². The fourth-order valence-corrected chi connectivity index (χ4v) is 6.10. The summed E-state index contributed by atoms with van der Waals surface area (Å²) in [5, 5.41) is 104. The third kappa shape index (κ3) is 9.58. The number of phenolic OH excluding ortho intramolecular Hbond substituents is 3. The second kappa shape index (κ2) is 18.3. The molecule has 54 heavy (non-hydrogen) atoms. The van der Waals surface area contributed by atoms with E-state index >= 15 is 0 Å². The van der Waals surface area contributed by atoms with Crippen molar-refractivity contribution in [2.75, 3.05) is 26.9 Å². The van der Waals surface area contributed by atoms with Crippen molar-refractivity contribution in [3.63, 3.8) is 0 Å². The molecule has 0 aromatic heterocycles. The summed E-state index contributed by atoms with van der Waals surface area (Å²) in [7, 11) is 1.35. The Labute approximate surface area is 308 Å². The molecule has 0 unspecified atom stereocenters. The first kappa shape index (κ1) is 41.5. The highest BCUT2D eigenvalue weighted by atomic mass is 16.8. The number of ether oxygens (including phenoxy) is 8. The normalized spacial score (nSPS) is 35.9. The zero-order valence-electron chi connectivity index (χ0n) is 29.2. The summed E-state index contributed by atoms with van der Waals surface area (Å²) < 4.78 is 45.4. The SMILES string of the molecule is COc1cc(/C=C/C(=O)O[C@H]2[C@H](O[C@@H]3O[C@@H](C)[C@H](O)[C@@H](O)[C@H]3O[C@@H]3OC[C@@H](O)[C@H](O)[C@H]3O)[C@@H](O)[C@H](OCCc3ccc(O)c(O)c3)O[C@@H]2CO)ccc1O. The van der Waals surface area contributed by atoms with E-state index in [0.29, 0.717) is 11.1 Å². The fraction of sp³-hybridized carbons (Fsp3) is 0.571. The molecule has 3 aliphatic rings. The highest BCUT2D eigenvalue weighted by Crippen LogP contribution is 2.34. The molecule has 2 aromatic rings. The van der Waals surface area contributed by atoms with Gasteiger partial charge in [-0.1, -0.05) is 12.1 Å². The van der Waals surface area contributed by atoms with E-state index in [1.54, 1.807) is 0 Å². The van der Waals surface area contributed by atoms with Gasteiger partial charge in [-0.3, -0.25) is 0 Å². The highest BCUT2D eigenvalue weighted by Gasteiger charge is 2.54. The minimum absolute atomic E-state index is 0.126. The van der Waals surface area contributed by atoms with Crippen LogP contribution in [0.1, 0.15) is 18.1 Å². The molecule has 3 heterocycles.